The largest absolute Gasteiger partial charge is 0.393 e. The summed E-state index contributed by atoms with van der Waals surface area (Å²) in [4.78, 5) is 16.7. The quantitative estimate of drug-likeness (QED) is 0.823. The number of carbonyl (C=O) groups excluding carboxylic acids is 1. The van der Waals surface area contributed by atoms with Gasteiger partial charge in [-0.05, 0) is 24.6 Å². The van der Waals surface area contributed by atoms with E-state index < -0.39 is 5.92 Å². The van der Waals surface area contributed by atoms with Crippen LogP contribution in [-0.4, -0.2) is 15.9 Å². The molecule has 0 radical (unpaired) electrons. The van der Waals surface area contributed by atoms with E-state index >= 15 is 0 Å². The average molecular weight is 328 g/mol. The molecule has 0 aliphatic heterocycles. The first-order valence-electron chi connectivity index (χ1n) is 6.17. The fourth-order valence-corrected chi connectivity index (χ4v) is 3.21. The molecule has 1 aromatic heterocycles. The highest BCUT2D eigenvalue weighted by molar-refractivity contribution is 7.80. The molecule has 0 spiro atoms. The number of nitrogens with one attached hydrogen (secondary N) is 1. The molecule has 0 bridgehead atoms. The lowest BCUT2D eigenvalue weighted by Gasteiger charge is -2.12. The molecule has 1 atom stereocenters. The first kappa shape index (κ1) is 15.2. The molecule has 2 rings (SSSR count). The topological polar surface area (TPSA) is 68.0 Å². The number of rotatable bonds is 5. The van der Waals surface area contributed by atoms with E-state index in [0.29, 0.717) is 16.6 Å². The fourth-order valence-electron chi connectivity index (χ4n) is 1.84. The molecule has 1 heterocycles. The minimum atomic E-state index is -0.453. The Kier molecular flexibility index (Phi) is 4.91. The summed E-state index contributed by atoms with van der Waals surface area (Å²) >= 11 is 12.2. The third-order valence-electron chi connectivity index (χ3n) is 2.82. The van der Waals surface area contributed by atoms with Crippen molar-refractivity contribution in [1.82, 2.24) is 4.98 Å². The predicted molar refractivity (Wildman–Crippen MR) is 88.4 cm³/mol. The lowest BCUT2D eigenvalue weighted by Crippen LogP contribution is -2.33. The molecular weight excluding hydrogens is 314 g/mol. The van der Waals surface area contributed by atoms with Gasteiger partial charge in [0.05, 0.1) is 21.1 Å². The van der Waals surface area contributed by atoms with E-state index in [1.807, 2.05) is 19.1 Å². The van der Waals surface area contributed by atoms with Crippen molar-refractivity contribution in [1.29, 1.82) is 0 Å². The van der Waals surface area contributed by atoms with E-state index in [0.717, 1.165) is 16.6 Å². The molecular formula is C13H14ClN3OS2. The van der Waals surface area contributed by atoms with Crippen LogP contribution >= 0.6 is 35.2 Å². The number of hydrogen-bond acceptors (Lipinski definition) is 4. The van der Waals surface area contributed by atoms with E-state index in [2.05, 4.69) is 10.3 Å². The third-order valence-corrected chi connectivity index (χ3v) is 4.27. The van der Waals surface area contributed by atoms with Crippen LogP contribution < -0.4 is 11.1 Å². The summed E-state index contributed by atoms with van der Waals surface area (Å²) in [6.45, 7) is 1.98. The van der Waals surface area contributed by atoms with Crippen LogP contribution in [0.25, 0.3) is 10.2 Å². The Hall–Kier alpha value is -1.24. The highest BCUT2D eigenvalue weighted by atomic mass is 35.5. The number of amides is 1. The number of thiocarbonyl (C=S) groups is 1. The Labute approximate surface area is 131 Å². The summed E-state index contributed by atoms with van der Waals surface area (Å²) in [6, 6.07) is 5.41. The summed E-state index contributed by atoms with van der Waals surface area (Å²) < 4.78 is 0.926. The van der Waals surface area contributed by atoms with Gasteiger partial charge in [0.2, 0.25) is 5.91 Å². The van der Waals surface area contributed by atoms with Crippen LogP contribution in [0.4, 0.5) is 5.13 Å². The van der Waals surface area contributed by atoms with Crippen molar-refractivity contribution >= 4 is 61.4 Å². The number of halogens is 1. The summed E-state index contributed by atoms with van der Waals surface area (Å²) in [7, 11) is 0. The minimum absolute atomic E-state index is 0.204. The van der Waals surface area contributed by atoms with Crippen LogP contribution in [0.15, 0.2) is 18.2 Å². The molecule has 3 N–H and O–H groups in total. The van der Waals surface area contributed by atoms with E-state index in [4.69, 9.17) is 29.6 Å². The number of nitrogens with two attached hydrogens (primary N) is 1. The Balaban J connectivity index is 2.18. The van der Waals surface area contributed by atoms with Gasteiger partial charge in [0.25, 0.3) is 0 Å². The van der Waals surface area contributed by atoms with E-state index in [-0.39, 0.29) is 10.9 Å². The normalized spacial score (nSPS) is 12.3. The summed E-state index contributed by atoms with van der Waals surface area (Å²) in [5.41, 5.74) is 6.41. The highest BCUT2D eigenvalue weighted by Gasteiger charge is 2.21. The molecule has 20 heavy (non-hydrogen) atoms. The molecule has 4 nitrogen and oxygen atoms in total. The zero-order chi connectivity index (χ0) is 14.7. The molecule has 1 amide bonds. The molecule has 7 heteroatoms. The number of benzene rings is 1. The van der Waals surface area contributed by atoms with Crippen molar-refractivity contribution in [3.8, 4) is 0 Å². The lowest BCUT2D eigenvalue weighted by atomic mass is 10.0. The number of aromatic nitrogens is 1. The van der Waals surface area contributed by atoms with E-state index in [9.17, 15) is 4.79 Å². The number of carbonyl (C=O) groups is 1. The SMILES string of the molecule is CCCC(C(=O)Nc1nc2ccc(Cl)cc2s1)C(N)=S. The van der Waals surface area contributed by atoms with Crippen LogP contribution in [0.1, 0.15) is 19.8 Å². The Bertz CT molecular complexity index is 656. The van der Waals surface area contributed by atoms with Crippen LogP contribution in [0.3, 0.4) is 0 Å². The van der Waals surface area contributed by atoms with Crippen molar-refractivity contribution in [3.63, 3.8) is 0 Å². The van der Waals surface area contributed by atoms with Crippen molar-refractivity contribution in [2.45, 2.75) is 19.8 Å². The van der Waals surface area contributed by atoms with Crippen molar-refractivity contribution in [2.75, 3.05) is 5.32 Å². The van der Waals surface area contributed by atoms with E-state index in [1.54, 1.807) is 6.07 Å². The summed E-state index contributed by atoms with van der Waals surface area (Å²) in [6.07, 6.45) is 1.47. The standard InChI is InChI=1S/C13H14ClN3OS2/c1-2-3-8(11(15)19)12(18)17-13-16-9-5-4-7(14)6-10(9)20-13/h4-6,8H,2-3H2,1H3,(H2,15,19)(H,16,17,18). The van der Waals surface area contributed by atoms with Gasteiger partial charge >= 0.3 is 0 Å². The van der Waals surface area contributed by atoms with E-state index in [1.165, 1.54) is 11.3 Å². The van der Waals surface area contributed by atoms with Gasteiger partial charge < -0.3 is 11.1 Å². The fraction of sp³-hybridized carbons (Fsp3) is 0.308. The monoisotopic (exact) mass is 327 g/mol. The van der Waals surface area contributed by atoms with Gasteiger partial charge in [-0.1, -0.05) is 48.5 Å². The lowest BCUT2D eigenvalue weighted by molar-refractivity contribution is -0.118. The van der Waals surface area contributed by atoms with Gasteiger partial charge in [0, 0.05) is 5.02 Å². The maximum absolute atomic E-state index is 12.1. The third kappa shape index (κ3) is 3.45. The molecule has 1 unspecified atom stereocenters. The molecule has 0 aliphatic carbocycles. The second-order valence-corrected chi connectivity index (χ2v) is 6.30. The highest BCUT2D eigenvalue weighted by Crippen LogP contribution is 2.28. The Morgan fingerprint density at radius 1 is 1.60 bits per heavy atom. The van der Waals surface area contributed by atoms with Crippen LogP contribution in [-0.2, 0) is 4.79 Å². The van der Waals surface area contributed by atoms with Gasteiger partial charge in [-0.2, -0.15) is 0 Å². The first-order chi connectivity index (χ1) is 9.51. The maximum Gasteiger partial charge on any atom is 0.236 e. The molecule has 0 aliphatic rings. The zero-order valence-corrected chi connectivity index (χ0v) is 13.2. The maximum atomic E-state index is 12.1. The second kappa shape index (κ2) is 6.47. The molecule has 106 valence electrons. The summed E-state index contributed by atoms with van der Waals surface area (Å²) in [5, 5.41) is 3.95. The van der Waals surface area contributed by atoms with Crippen molar-refractivity contribution in [3.05, 3.63) is 23.2 Å². The predicted octanol–water partition coefficient (Wildman–Crippen LogP) is 3.59. The minimum Gasteiger partial charge on any atom is -0.393 e. The Morgan fingerprint density at radius 3 is 3.00 bits per heavy atom. The number of hydrogen-bond donors (Lipinski definition) is 2. The van der Waals surface area contributed by atoms with Gasteiger partial charge in [-0.25, -0.2) is 4.98 Å². The summed E-state index contributed by atoms with van der Waals surface area (Å²) in [5.74, 6) is -0.657. The van der Waals surface area contributed by atoms with Crippen LogP contribution in [0.5, 0.6) is 0 Å². The van der Waals surface area contributed by atoms with Gasteiger partial charge in [0.1, 0.15) is 0 Å². The van der Waals surface area contributed by atoms with Crippen LogP contribution in [0, 0.1) is 5.92 Å². The molecule has 2 aromatic rings. The second-order valence-electron chi connectivity index (χ2n) is 4.36. The van der Waals surface area contributed by atoms with Gasteiger partial charge in [-0.15, -0.1) is 0 Å². The average Bonchev–Trinajstić information content (AvgIpc) is 2.76. The number of nitrogens with zero attached hydrogens (tertiary/aromatic N) is 1. The molecule has 0 saturated heterocycles. The van der Waals surface area contributed by atoms with Gasteiger partial charge in [-0.3, -0.25) is 4.79 Å². The zero-order valence-electron chi connectivity index (χ0n) is 10.9. The van der Waals surface area contributed by atoms with Crippen molar-refractivity contribution in [2.24, 2.45) is 11.7 Å². The number of thiazole rings is 1. The molecule has 1 aromatic carbocycles. The molecule has 0 saturated carbocycles. The smallest absolute Gasteiger partial charge is 0.236 e. The first-order valence-corrected chi connectivity index (χ1v) is 7.77. The van der Waals surface area contributed by atoms with Crippen LogP contribution in [0.2, 0.25) is 5.02 Å². The Morgan fingerprint density at radius 2 is 2.35 bits per heavy atom. The number of fused-ring (bicyclic) bond motifs is 1. The van der Waals surface area contributed by atoms with Crippen molar-refractivity contribution < 1.29 is 4.79 Å². The molecule has 0 fully saturated rings. The van der Waals surface area contributed by atoms with Gasteiger partial charge in [0.15, 0.2) is 5.13 Å². The number of anilines is 1.